The van der Waals surface area contributed by atoms with Crippen LogP contribution in [0.15, 0.2) is 72.1 Å². The highest BCUT2D eigenvalue weighted by Crippen LogP contribution is 2.38. The minimum absolute atomic E-state index is 0.00747. The number of nitrogens with zero attached hydrogens (tertiary/aromatic N) is 2. The van der Waals surface area contributed by atoms with Gasteiger partial charge in [-0.25, -0.2) is 13.8 Å². The van der Waals surface area contributed by atoms with Gasteiger partial charge in [0, 0.05) is 23.5 Å². The monoisotopic (exact) mass is 547 g/mol. The van der Waals surface area contributed by atoms with Crippen molar-refractivity contribution in [3.05, 3.63) is 111 Å². The molecule has 0 saturated carbocycles. The molecule has 0 bridgehead atoms. The van der Waals surface area contributed by atoms with Crippen LogP contribution in [0.25, 0.3) is 0 Å². The van der Waals surface area contributed by atoms with Crippen LogP contribution in [-0.4, -0.2) is 28.2 Å². The first-order valence-corrected chi connectivity index (χ1v) is 13.5. The van der Waals surface area contributed by atoms with Crippen molar-refractivity contribution >= 4 is 28.8 Å². The van der Waals surface area contributed by atoms with E-state index in [4.69, 9.17) is 4.74 Å². The number of carbonyl (C=O) groups is 2. The minimum atomic E-state index is -0.443. The summed E-state index contributed by atoms with van der Waals surface area (Å²) in [4.78, 5) is 31.8. The molecule has 0 fully saturated rings. The molecule has 1 aromatic heterocycles. The molecule has 0 radical (unpaired) electrons. The Balaban J connectivity index is 1.34. The Morgan fingerprint density at radius 3 is 2.59 bits per heavy atom. The smallest absolute Gasteiger partial charge is 0.275 e. The van der Waals surface area contributed by atoms with Crippen molar-refractivity contribution in [1.29, 1.82) is 0 Å². The van der Waals surface area contributed by atoms with E-state index in [0.29, 0.717) is 35.0 Å². The molecule has 4 aromatic rings. The third kappa shape index (κ3) is 5.98. The first kappa shape index (κ1) is 26.5. The number of aromatic nitrogens is 1. The molecule has 1 N–H and O–H groups in total. The Kier molecular flexibility index (Phi) is 7.70. The van der Waals surface area contributed by atoms with Gasteiger partial charge >= 0.3 is 0 Å². The van der Waals surface area contributed by atoms with Crippen LogP contribution in [-0.2, 0) is 17.8 Å². The number of anilines is 1. The van der Waals surface area contributed by atoms with Crippen LogP contribution < -0.4 is 10.1 Å². The average molecular weight is 548 g/mol. The molecule has 3 aromatic carbocycles. The highest BCUT2D eigenvalue weighted by Gasteiger charge is 2.33. The standard InChI is InChI=1S/C30H27F2N3O3S/c1-18(2)30(37)35-12-11-19-9-10-24(15-25(19)28(35)20-5-3-6-21(31)13-20)38-16-27-34-26(17-39-27)29(36)33-23-8-4-7-22(32)14-23/h3-10,13-15,17-18,28H,11-12,16H2,1-2H3,(H,33,36). The molecule has 0 saturated heterocycles. The maximum absolute atomic E-state index is 14.2. The number of fused-ring (bicyclic) bond motifs is 1. The van der Waals surface area contributed by atoms with Gasteiger partial charge in [-0.2, -0.15) is 0 Å². The summed E-state index contributed by atoms with van der Waals surface area (Å²) in [5, 5.41) is 4.84. The van der Waals surface area contributed by atoms with Crippen LogP contribution in [0, 0.1) is 17.6 Å². The van der Waals surface area contributed by atoms with E-state index in [1.54, 1.807) is 17.5 Å². The zero-order valence-electron chi connectivity index (χ0n) is 21.5. The molecule has 6 nitrogen and oxygen atoms in total. The summed E-state index contributed by atoms with van der Waals surface area (Å²) in [6.07, 6.45) is 0.691. The maximum Gasteiger partial charge on any atom is 0.275 e. The summed E-state index contributed by atoms with van der Waals surface area (Å²) >= 11 is 1.28. The number of hydrogen-bond acceptors (Lipinski definition) is 5. The molecule has 2 heterocycles. The second-order valence-corrected chi connectivity index (χ2v) is 10.6. The fourth-order valence-electron chi connectivity index (χ4n) is 4.68. The Morgan fingerprint density at radius 2 is 1.85 bits per heavy atom. The van der Waals surface area contributed by atoms with Gasteiger partial charge in [0.1, 0.15) is 34.7 Å². The molecule has 1 aliphatic rings. The summed E-state index contributed by atoms with van der Waals surface area (Å²) in [5.74, 6) is -0.849. The maximum atomic E-state index is 14.2. The molecular weight excluding hydrogens is 520 g/mol. The Bertz CT molecular complexity index is 1520. The fraction of sp³-hybridized carbons (Fsp3) is 0.233. The Labute approximate surface area is 229 Å². The molecule has 2 amide bonds. The van der Waals surface area contributed by atoms with Gasteiger partial charge < -0.3 is 15.0 Å². The summed E-state index contributed by atoms with van der Waals surface area (Å²) in [6, 6.07) is 17.3. The van der Waals surface area contributed by atoms with Gasteiger partial charge in [-0.3, -0.25) is 9.59 Å². The van der Waals surface area contributed by atoms with E-state index in [0.717, 1.165) is 11.1 Å². The van der Waals surface area contributed by atoms with Gasteiger partial charge in [0.25, 0.3) is 5.91 Å². The normalized spacial score (nSPS) is 14.7. The number of amides is 2. The van der Waals surface area contributed by atoms with E-state index in [-0.39, 0.29) is 29.9 Å². The van der Waals surface area contributed by atoms with Crippen LogP contribution in [0.1, 0.15) is 52.1 Å². The van der Waals surface area contributed by atoms with Crippen molar-refractivity contribution in [2.45, 2.75) is 32.9 Å². The molecule has 1 unspecified atom stereocenters. The van der Waals surface area contributed by atoms with Crippen molar-refractivity contribution in [3.8, 4) is 5.75 Å². The molecule has 200 valence electrons. The number of nitrogens with one attached hydrogen (secondary N) is 1. The molecule has 1 atom stereocenters. The van der Waals surface area contributed by atoms with Gasteiger partial charge in [0.15, 0.2) is 0 Å². The summed E-state index contributed by atoms with van der Waals surface area (Å²) < 4.78 is 33.6. The zero-order chi connectivity index (χ0) is 27.5. The van der Waals surface area contributed by atoms with Gasteiger partial charge in [-0.05, 0) is 65.6 Å². The highest BCUT2D eigenvalue weighted by atomic mass is 32.1. The van der Waals surface area contributed by atoms with E-state index in [1.807, 2.05) is 43.0 Å². The van der Waals surface area contributed by atoms with Crippen LogP contribution in [0.4, 0.5) is 14.5 Å². The quantitative estimate of drug-likeness (QED) is 0.291. The SMILES string of the molecule is CC(C)C(=O)N1CCc2ccc(OCc3nc(C(=O)Nc4cccc(F)c4)cs3)cc2C1c1cccc(F)c1. The lowest BCUT2D eigenvalue weighted by Gasteiger charge is -2.39. The molecule has 39 heavy (non-hydrogen) atoms. The number of hydrogen-bond donors (Lipinski definition) is 1. The number of ether oxygens (including phenoxy) is 1. The number of benzene rings is 3. The van der Waals surface area contributed by atoms with Crippen LogP contribution in [0.2, 0.25) is 0 Å². The first-order chi connectivity index (χ1) is 18.8. The number of carbonyl (C=O) groups excluding carboxylic acids is 2. The largest absolute Gasteiger partial charge is 0.486 e. The van der Waals surface area contributed by atoms with Crippen molar-refractivity contribution in [2.75, 3.05) is 11.9 Å². The lowest BCUT2D eigenvalue weighted by Crippen LogP contribution is -2.42. The Hall–Kier alpha value is -4.11. The highest BCUT2D eigenvalue weighted by molar-refractivity contribution is 7.09. The van der Waals surface area contributed by atoms with Gasteiger partial charge in [-0.15, -0.1) is 11.3 Å². The fourth-order valence-corrected chi connectivity index (χ4v) is 5.36. The first-order valence-electron chi connectivity index (χ1n) is 12.6. The lowest BCUT2D eigenvalue weighted by molar-refractivity contribution is -0.136. The zero-order valence-corrected chi connectivity index (χ0v) is 22.3. The van der Waals surface area contributed by atoms with Gasteiger partial charge in [-0.1, -0.05) is 38.1 Å². The van der Waals surface area contributed by atoms with Crippen molar-refractivity contribution < 1.29 is 23.1 Å². The summed E-state index contributed by atoms with van der Waals surface area (Å²) in [6.45, 7) is 4.41. The van der Waals surface area contributed by atoms with Crippen molar-refractivity contribution in [1.82, 2.24) is 9.88 Å². The predicted octanol–water partition coefficient (Wildman–Crippen LogP) is 6.38. The molecule has 5 rings (SSSR count). The second kappa shape index (κ2) is 11.3. The minimum Gasteiger partial charge on any atom is -0.486 e. The van der Waals surface area contributed by atoms with Crippen LogP contribution >= 0.6 is 11.3 Å². The third-order valence-corrected chi connectivity index (χ3v) is 7.34. The van der Waals surface area contributed by atoms with E-state index in [9.17, 15) is 18.4 Å². The molecule has 0 spiro atoms. The van der Waals surface area contributed by atoms with Crippen LogP contribution in [0.5, 0.6) is 5.75 Å². The van der Waals surface area contributed by atoms with Crippen molar-refractivity contribution in [3.63, 3.8) is 0 Å². The second-order valence-electron chi connectivity index (χ2n) is 9.63. The molecule has 0 aliphatic carbocycles. The third-order valence-electron chi connectivity index (χ3n) is 6.52. The molecule has 1 aliphatic heterocycles. The van der Waals surface area contributed by atoms with Gasteiger partial charge in [0.05, 0.1) is 6.04 Å². The lowest BCUT2D eigenvalue weighted by atomic mass is 9.87. The topological polar surface area (TPSA) is 71.5 Å². The number of thiazole rings is 1. The summed E-state index contributed by atoms with van der Waals surface area (Å²) in [7, 11) is 0. The molecular formula is C30H27F2N3O3S. The summed E-state index contributed by atoms with van der Waals surface area (Å²) in [5.41, 5.74) is 3.23. The Morgan fingerprint density at radius 1 is 1.08 bits per heavy atom. The van der Waals surface area contributed by atoms with Crippen molar-refractivity contribution in [2.24, 2.45) is 5.92 Å². The number of halogens is 2. The average Bonchev–Trinajstić information content (AvgIpc) is 3.40. The number of rotatable bonds is 7. The van der Waals surface area contributed by atoms with E-state index in [2.05, 4.69) is 10.3 Å². The predicted molar refractivity (Wildman–Crippen MR) is 146 cm³/mol. The van der Waals surface area contributed by atoms with E-state index >= 15 is 0 Å². The van der Waals surface area contributed by atoms with Gasteiger partial charge in [0.2, 0.25) is 5.91 Å². The van der Waals surface area contributed by atoms with E-state index < -0.39 is 17.8 Å². The van der Waals surface area contributed by atoms with E-state index in [1.165, 1.54) is 41.7 Å². The molecule has 9 heteroatoms. The van der Waals surface area contributed by atoms with Crippen LogP contribution in [0.3, 0.4) is 0 Å².